The van der Waals surface area contributed by atoms with Crippen molar-refractivity contribution in [2.24, 2.45) is 4.99 Å². The van der Waals surface area contributed by atoms with Gasteiger partial charge in [0.1, 0.15) is 0 Å². The van der Waals surface area contributed by atoms with Crippen molar-refractivity contribution in [3.8, 4) is 0 Å². The first-order valence-corrected chi connectivity index (χ1v) is 7.64. The Morgan fingerprint density at radius 1 is 1.17 bits per heavy atom. The molecule has 0 bridgehead atoms. The second kappa shape index (κ2) is 6.29. The number of nitro benzene ring substituents is 1. The summed E-state index contributed by atoms with van der Waals surface area (Å²) in [5.41, 5.74) is 1.50. The molecule has 0 saturated heterocycles. The molecule has 0 fully saturated rings. The quantitative estimate of drug-likeness (QED) is 0.250. The predicted octanol–water partition coefficient (Wildman–Crippen LogP) is 3.54. The number of cyclic esters (lactones) is 1. The molecule has 0 amide bonds. The molecule has 0 atom stereocenters. The lowest BCUT2D eigenvalue weighted by Crippen LogP contribution is -2.05. The van der Waals surface area contributed by atoms with Crippen molar-refractivity contribution in [2.75, 3.05) is 0 Å². The summed E-state index contributed by atoms with van der Waals surface area (Å²) in [6.45, 7) is 0. The Hall–Kier alpha value is -2.55. The highest BCUT2D eigenvalue weighted by Crippen LogP contribution is 2.21. The minimum Gasteiger partial charge on any atom is -0.402 e. The maximum absolute atomic E-state index is 11.9. The normalized spacial score (nSPS) is 15.4. The fourth-order valence-electron chi connectivity index (χ4n) is 2.00. The van der Waals surface area contributed by atoms with Crippen molar-refractivity contribution in [1.82, 2.24) is 0 Å². The molecule has 114 valence electrons. The third-order valence-corrected chi connectivity index (χ3v) is 3.77. The molecule has 1 heterocycles. The molecule has 7 heteroatoms. The van der Waals surface area contributed by atoms with Gasteiger partial charge in [-0.15, -0.1) is 0 Å². The standard InChI is InChI=1S/C16H9IN2O4/c17-12-3-1-2-11(9-12)15-18-14(16(20)23-15)8-10-4-6-13(7-5-10)19(21)22/h1-9H/b14-8-. The van der Waals surface area contributed by atoms with Crippen molar-refractivity contribution < 1.29 is 14.5 Å². The largest absolute Gasteiger partial charge is 0.402 e. The lowest BCUT2D eigenvalue weighted by Gasteiger charge is -1.99. The summed E-state index contributed by atoms with van der Waals surface area (Å²) in [6, 6.07) is 13.3. The number of non-ortho nitro benzene ring substituents is 1. The summed E-state index contributed by atoms with van der Waals surface area (Å²) in [5, 5.41) is 10.6. The van der Waals surface area contributed by atoms with Gasteiger partial charge in [0.15, 0.2) is 5.70 Å². The van der Waals surface area contributed by atoms with Gasteiger partial charge in [-0.2, -0.15) is 0 Å². The van der Waals surface area contributed by atoms with E-state index in [1.165, 1.54) is 18.2 Å². The second-order valence-electron chi connectivity index (χ2n) is 4.70. The van der Waals surface area contributed by atoms with Crippen molar-refractivity contribution >= 4 is 46.2 Å². The number of nitrogens with zero attached hydrogens (tertiary/aromatic N) is 2. The molecule has 0 unspecified atom stereocenters. The van der Waals surface area contributed by atoms with Crippen molar-refractivity contribution in [3.63, 3.8) is 0 Å². The third kappa shape index (κ3) is 3.45. The average molecular weight is 420 g/mol. The van der Waals surface area contributed by atoms with Crippen LogP contribution in [0.15, 0.2) is 59.2 Å². The van der Waals surface area contributed by atoms with Gasteiger partial charge >= 0.3 is 5.97 Å². The second-order valence-corrected chi connectivity index (χ2v) is 5.94. The molecular formula is C16H9IN2O4. The molecule has 2 aromatic carbocycles. The Kier molecular flexibility index (Phi) is 4.20. The predicted molar refractivity (Wildman–Crippen MR) is 92.9 cm³/mol. The highest BCUT2D eigenvalue weighted by atomic mass is 127. The molecule has 6 nitrogen and oxygen atoms in total. The van der Waals surface area contributed by atoms with Crippen LogP contribution in [0.25, 0.3) is 6.08 Å². The van der Waals surface area contributed by atoms with E-state index in [2.05, 4.69) is 27.6 Å². The Balaban J connectivity index is 1.90. The van der Waals surface area contributed by atoms with Crippen LogP contribution < -0.4 is 0 Å². The van der Waals surface area contributed by atoms with Gasteiger partial charge in [0, 0.05) is 21.3 Å². The molecule has 0 aliphatic carbocycles. The molecule has 0 N–H and O–H groups in total. The van der Waals surface area contributed by atoms with Gasteiger partial charge in [-0.1, -0.05) is 6.07 Å². The van der Waals surface area contributed by atoms with Gasteiger partial charge in [0.2, 0.25) is 5.90 Å². The zero-order chi connectivity index (χ0) is 16.4. The first-order valence-electron chi connectivity index (χ1n) is 6.56. The zero-order valence-corrected chi connectivity index (χ0v) is 13.8. The fourth-order valence-corrected chi connectivity index (χ4v) is 2.55. The van der Waals surface area contributed by atoms with E-state index in [-0.39, 0.29) is 17.3 Å². The monoisotopic (exact) mass is 420 g/mol. The van der Waals surface area contributed by atoms with Crippen LogP contribution in [0.5, 0.6) is 0 Å². The third-order valence-electron chi connectivity index (χ3n) is 3.10. The van der Waals surface area contributed by atoms with Gasteiger partial charge < -0.3 is 4.74 Å². The number of aliphatic imine (C=N–C) groups is 1. The molecule has 0 saturated carbocycles. The van der Waals surface area contributed by atoms with Crippen LogP contribution in [0.3, 0.4) is 0 Å². The Morgan fingerprint density at radius 3 is 2.57 bits per heavy atom. The number of halogens is 1. The number of rotatable bonds is 3. The number of esters is 1. The minimum absolute atomic E-state index is 0.0100. The summed E-state index contributed by atoms with van der Waals surface area (Å²) in [4.78, 5) is 26.3. The van der Waals surface area contributed by atoms with E-state index in [0.29, 0.717) is 5.56 Å². The molecule has 3 rings (SSSR count). The first-order chi connectivity index (χ1) is 11.0. The average Bonchev–Trinajstić information content (AvgIpc) is 2.89. The number of benzene rings is 2. The number of hydrogen-bond acceptors (Lipinski definition) is 5. The Bertz CT molecular complexity index is 857. The van der Waals surface area contributed by atoms with Crippen molar-refractivity contribution in [1.29, 1.82) is 0 Å². The molecule has 1 aliphatic heterocycles. The van der Waals surface area contributed by atoms with E-state index in [1.54, 1.807) is 12.1 Å². The van der Waals surface area contributed by atoms with E-state index in [1.807, 2.05) is 24.3 Å². The van der Waals surface area contributed by atoms with Crippen LogP contribution in [-0.2, 0) is 9.53 Å². The van der Waals surface area contributed by atoms with E-state index in [4.69, 9.17) is 4.74 Å². The van der Waals surface area contributed by atoms with Gasteiger partial charge in [-0.3, -0.25) is 10.1 Å². The SMILES string of the molecule is O=C1OC(c2cccc(I)c2)=N/C1=C\c1ccc([N+](=O)[O-])cc1. The first kappa shape index (κ1) is 15.3. The van der Waals surface area contributed by atoms with E-state index in [9.17, 15) is 14.9 Å². The van der Waals surface area contributed by atoms with Crippen LogP contribution in [0.4, 0.5) is 5.69 Å². The highest BCUT2D eigenvalue weighted by molar-refractivity contribution is 14.1. The number of nitro groups is 1. The van der Waals surface area contributed by atoms with Crippen molar-refractivity contribution in [3.05, 3.63) is 79.0 Å². The fraction of sp³-hybridized carbons (Fsp3) is 0. The van der Waals surface area contributed by atoms with Gasteiger partial charge in [-0.05, 0) is 64.6 Å². The smallest absolute Gasteiger partial charge is 0.363 e. The maximum atomic E-state index is 11.9. The van der Waals surface area contributed by atoms with Crippen LogP contribution in [0.1, 0.15) is 11.1 Å². The van der Waals surface area contributed by atoms with Crippen LogP contribution >= 0.6 is 22.6 Å². The summed E-state index contributed by atoms with van der Waals surface area (Å²) >= 11 is 2.16. The molecular weight excluding hydrogens is 411 g/mol. The number of carbonyl (C=O) groups excluding carboxylic acids is 1. The Labute approximate surface area is 144 Å². The van der Waals surface area contributed by atoms with Gasteiger partial charge in [0.05, 0.1) is 4.92 Å². The minimum atomic E-state index is -0.544. The van der Waals surface area contributed by atoms with Crippen LogP contribution in [-0.4, -0.2) is 16.8 Å². The molecule has 0 radical (unpaired) electrons. The summed E-state index contributed by atoms with van der Waals surface area (Å²) < 4.78 is 6.19. The van der Waals surface area contributed by atoms with E-state index < -0.39 is 10.9 Å². The summed E-state index contributed by atoms with van der Waals surface area (Å²) in [6.07, 6.45) is 1.53. The number of ether oxygens (including phenoxy) is 1. The molecule has 2 aromatic rings. The molecule has 0 aromatic heterocycles. The molecule has 1 aliphatic rings. The summed E-state index contributed by atoms with van der Waals surface area (Å²) in [5.74, 6) is -0.293. The summed E-state index contributed by atoms with van der Waals surface area (Å²) in [7, 11) is 0. The number of hydrogen-bond donors (Lipinski definition) is 0. The lowest BCUT2D eigenvalue weighted by molar-refractivity contribution is -0.384. The van der Waals surface area contributed by atoms with Gasteiger partial charge in [0.25, 0.3) is 5.69 Å². The van der Waals surface area contributed by atoms with Crippen LogP contribution in [0, 0.1) is 13.7 Å². The Morgan fingerprint density at radius 2 is 1.91 bits per heavy atom. The molecule has 0 spiro atoms. The maximum Gasteiger partial charge on any atom is 0.363 e. The van der Waals surface area contributed by atoms with E-state index in [0.717, 1.165) is 9.13 Å². The van der Waals surface area contributed by atoms with Crippen molar-refractivity contribution in [2.45, 2.75) is 0 Å². The van der Waals surface area contributed by atoms with E-state index >= 15 is 0 Å². The topological polar surface area (TPSA) is 81.8 Å². The van der Waals surface area contributed by atoms with Crippen LogP contribution in [0.2, 0.25) is 0 Å². The highest BCUT2D eigenvalue weighted by Gasteiger charge is 2.24. The zero-order valence-electron chi connectivity index (χ0n) is 11.6. The molecule has 23 heavy (non-hydrogen) atoms. The lowest BCUT2D eigenvalue weighted by atomic mass is 10.2. The number of carbonyl (C=O) groups is 1. The van der Waals surface area contributed by atoms with Gasteiger partial charge in [-0.25, -0.2) is 9.79 Å².